The van der Waals surface area contributed by atoms with Gasteiger partial charge in [0, 0.05) is 18.8 Å². The fourth-order valence-corrected chi connectivity index (χ4v) is 3.78. The Hall–Kier alpha value is -1.07. The first-order chi connectivity index (χ1) is 9.51. The zero-order valence-electron chi connectivity index (χ0n) is 12.3. The normalized spacial score (nSPS) is 17.5. The Bertz CT molecular complexity index is 528. The van der Waals surface area contributed by atoms with Crippen LogP contribution in [-0.2, 0) is 10.0 Å². The minimum absolute atomic E-state index is 0.191. The molecule has 4 nitrogen and oxygen atoms in total. The maximum Gasteiger partial charge on any atom is 0.240 e. The Morgan fingerprint density at radius 3 is 2.25 bits per heavy atom. The van der Waals surface area contributed by atoms with Crippen molar-refractivity contribution in [3.63, 3.8) is 0 Å². The molecule has 1 saturated carbocycles. The summed E-state index contributed by atoms with van der Waals surface area (Å²) in [6.45, 7) is 5.53. The van der Waals surface area contributed by atoms with Crippen molar-refractivity contribution in [2.24, 2.45) is 5.41 Å². The van der Waals surface area contributed by atoms with Crippen LogP contribution >= 0.6 is 0 Å². The average Bonchev–Trinajstić information content (AvgIpc) is 2.39. The lowest BCUT2D eigenvalue weighted by molar-refractivity contribution is 0.133. The van der Waals surface area contributed by atoms with Gasteiger partial charge in [0.2, 0.25) is 10.0 Å². The molecule has 0 spiro atoms. The van der Waals surface area contributed by atoms with Crippen molar-refractivity contribution in [2.75, 3.05) is 18.4 Å². The second-order valence-corrected chi connectivity index (χ2v) is 7.35. The molecule has 1 fully saturated rings. The van der Waals surface area contributed by atoms with Crippen LogP contribution in [0.5, 0.6) is 0 Å². The molecule has 2 N–H and O–H groups in total. The van der Waals surface area contributed by atoms with E-state index in [1.165, 1.54) is 6.42 Å². The number of anilines is 1. The molecule has 1 aliphatic carbocycles. The van der Waals surface area contributed by atoms with Gasteiger partial charge in [-0.2, -0.15) is 0 Å². The van der Waals surface area contributed by atoms with E-state index in [4.69, 9.17) is 0 Å². The molecule has 0 unspecified atom stereocenters. The highest BCUT2D eigenvalue weighted by atomic mass is 32.2. The Morgan fingerprint density at radius 1 is 1.15 bits per heavy atom. The molecule has 0 bridgehead atoms. The van der Waals surface area contributed by atoms with E-state index >= 15 is 0 Å². The summed E-state index contributed by atoms with van der Waals surface area (Å²) >= 11 is 0. The van der Waals surface area contributed by atoms with Crippen molar-refractivity contribution in [1.82, 2.24) is 4.72 Å². The number of nitrogens with one attached hydrogen (secondary N) is 2. The van der Waals surface area contributed by atoms with Gasteiger partial charge in [-0.3, -0.25) is 0 Å². The van der Waals surface area contributed by atoms with Gasteiger partial charge in [0.1, 0.15) is 0 Å². The third-order valence-corrected chi connectivity index (χ3v) is 5.76. The molecule has 0 radical (unpaired) electrons. The molecule has 5 heteroatoms. The smallest absolute Gasteiger partial charge is 0.240 e. The first kappa shape index (κ1) is 15.3. The number of hydrogen-bond acceptors (Lipinski definition) is 3. The van der Waals surface area contributed by atoms with Crippen molar-refractivity contribution in [1.29, 1.82) is 0 Å². The monoisotopic (exact) mass is 296 g/mol. The Morgan fingerprint density at radius 2 is 1.80 bits per heavy atom. The largest absolute Gasteiger partial charge is 0.385 e. The zero-order chi connectivity index (χ0) is 14.6. The summed E-state index contributed by atoms with van der Waals surface area (Å²) in [4.78, 5) is 0.338. The lowest BCUT2D eigenvalue weighted by Gasteiger charge is -2.41. The fourth-order valence-electron chi connectivity index (χ4n) is 2.62. The minimum atomic E-state index is -3.39. The maximum absolute atomic E-state index is 12.3. The predicted octanol–water partition coefficient (Wildman–Crippen LogP) is 2.98. The van der Waals surface area contributed by atoms with Gasteiger partial charge >= 0.3 is 0 Å². The third-order valence-electron chi connectivity index (χ3n) is 4.35. The number of sulfonamides is 1. The van der Waals surface area contributed by atoms with Gasteiger partial charge in [-0.05, 0) is 55.9 Å². The summed E-state index contributed by atoms with van der Waals surface area (Å²) in [5.74, 6) is 0. The summed E-state index contributed by atoms with van der Waals surface area (Å²) < 4.78 is 27.3. The van der Waals surface area contributed by atoms with Crippen LogP contribution < -0.4 is 10.0 Å². The highest BCUT2D eigenvalue weighted by Crippen LogP contribution is 2.43. The summed E-state index contributed by atoms with van der Waals surface area (Å²) in [5.41, 5.74) is 1.13. The molecule has 2 rings (SSSR count). The topological polar surface area (TPSA) is 58.2 Å². The molecule has 0 aromatic heterocycles. The summed E-state index contributed by atoms with van der Waals surface area (Å²) in [5, 5.41) is 3.15. The van der Waals surface area contributed by atoms with Gasteiger partial charge in [-0.15, -0.1) is 0 Å². The van der Waals surface area contributed by atoms with Crippen LogP contribution in [0, 0.1) is 5.41 Å². The molecule has 1 aliphatic rings. The van der Waals surface area contributed by atoms with Crippen LogP contribution in [0.2, 0.25) is 0 Å². The predicted molar refractivity (Wildman–Crippen MR) is 82.4 cm³/mol. The van der Waals surface area contributed by atoms with E-state index in [1.54, 1.807) is 24.3 Å². The van der Waals surface area contributed by atoms with Crippen molar-refractivity contribution < 1.29 is 8.42 Å². The minimum Gasteiger partial charge on any atom is -0.385 e. The zero-order valence-corrected chi connectivity index (χ0v) is 13.1. The molecule has 112 valence electrons. The van der Waals surface area contributed by atoms with E-state index in [-0.39, 0.29) is 5.41 Å². The first-order valence-corrected chi connectivity index (χ1v) is 8.83. The molecule has 0 atom stereocenters. The Balaban J connectivity index is 2.02. The lowest BCUT2D eigenvalue weighted by atomic mass is 9.67. The van der Waals surface area contributed by atoms with Gasteiger partial charge in [0.05, 0.1) is 4.90 Å². The quantitative estimate of drug-likeness (QED) is 0.813. The van der Waals surface area contributed by atoms with Crippen LogP contribution in [0.15, 0.2) is 29.2 Å². The summed E-state index contributed by atoms with van der Waals surface area (Å²) in [7, 11) is -3.39. The molecule has 0 heterocycles. The van der Waals surface area contributed by atoms with Crippen molar-refractivity contribution in [2.45, 2.75) is 44.4 Å². The molecule has 0 amide bonds. The van der Waals surface area contributed by atoms with Crippen LogP contribution in [0.1, 0.15) is 39.5 Å². The lowest BCUT2D eigenvalue weighted by Crippen LogP contribution is -2.41. The SMILES string of the molecule is CCNc1ccc(S(=O)(=O)NCC2(CC)CCC2)cc1. The van der Waals surface area contributed by atoms with Crippen LogP contribution in [0.4, 0.5) is 5.69 Å². The third kappa shape index (κ3) is 3.33. The molecule has 0 aliphatic heterocycles. The van der Waals surface area contributed by atoms with Gasteiger partial charge < -0.3 is 5.32 Å². The van der Waals surface area contributed by atoms with E-state index in [1.807, 2.05) is 6.92 Å². The summed E-state index contributed by atoms with van der Waals surface area (Å²) in [6, 6.07) is 6.91. The highest BCUT2D eigenvalue weighted by Gasteiger charge is 2.36. The molecule has 1 aromatic rings. The van der Waals surface area contributed by atoms with E-state index in [9.17, 15) is 8.42 Å². The van der Waals surface area contributed by atoms with E-state index in [2.05, 4.69) is 17.0 Å². The van der Waals surface area contributed by atoms with E-state index in [0.29, 0.717) is 11.4 Å². The fraction of sp³-hybridized carbons (Fsp3) is 0.600. The summed E-state index contributed by atoms with van der Waals surface area (Å²) in [6.07, 6.45) is 4.51. The van der Waals surface area contributed by atoms with E-state index < -0.39 is 10.0 Å². The number of benzene rings is 1. The van der Waals surface area contributed by atoms with Crippen LogP contribution in [0.3, 0.4) is 0 Å². The molecule has 0 saturated heterocycles. The van der Waals surface area contributed by atoms with Gasteiger partial charge in [-0.25, -0.2) is 13.1 Å². The number of hydrogen-bond donors (Lipinski definition) is 2. The van der Waals surface area contributed by atoms with Crippen LogP contribution in [-0.4, -0.2) is 21.5 Å². The Kier molecular flexibility index (Phi) is 4.70. The highest BCUT2D eigenvalue weighted by molar-refractivity contribution is 7.89. The second kappa shape index (κ2) is 6.14. The molecule has 1 aromatic carbocycles. The molecule has 20 heavy (non-hydrogen) atoms. The molecular formula is C15H24N2O2S. The van der Waals surface area contributed by atoms with Crippen molar-refractivity contribution in [3.05, 3.63) is 24.3 Å². The van der Waals surface area contributed by atoms with E-state index in [0.717, 1.165) is 31.5 Å². The first-order valence-electron chi connectivity index (χ1n) is 7.35. The maximum atomic E-state index is 12.3. The van der Waals surface area contributed by atoms with Crippen molar-refractivity contribution >= 4 is 15.7 Å². The average molecular weight is 296 g/mol. The molecular weight excluding hydrogens is 272 g/mol. The Labute approximate surface area is 122 Å². The standard InChI is InChI=1S/C15H24N2O2S/c1-3-15(10-5-11-15)12-17-20(18,19)14-8-6-13(7-9-14)16-4-2/h6-9,16-17H,3-5,10-12H2,1-2H3. The number of rotatable bonds is 7. The van der Waals surface area contributed by atoms with Gasteiger partial charge in [-0.1, -0.05) is 13.3 Å². The second-order valence-electron chi connectivity index (χ2n) is 5.59. The van der Waals surface area contributed by atoms with Gasteiger partial charge in [0.15, 0.2) is 0 Å². The van der Waals surface area contributed by atoms with Crippen LogP contribution in [0.25, 0.3) is 0 Å². The van der Waals surface area contributed by atoms with Gasteiger partial charge in [0.25, 0.3) is 0 Å². The van der Waals surface area contributed by atoms with Crippen molar-refractivity contribution in [3.8, 4) is 0 Å².